The molecule has 18 heavy (non-hydrogen) atoms. The van der Waals surface area contributed by atoms with Crippen LogP contribution in [0.5, 0.6) is 0 Å². The predicted molar refractivity (Wildman–Crippen MR) is 65.7 cm³/mol. The van der Waals surface area contributed by atoms with Crippen molar-refractivity contribution in [1.82, 2.24) is 14.7 Å². The second-order valence-corrected chi connectivity index (χ2v) is 5.39. The molecule has 0 bridgehead atoms. The third-order valence-electron chi connectivity index (χ3n) is 4.17. The van der Waals surface area contributed by atoms with Crippen LogP contribution in [0.3, 0.4) is 0 Å². The molecule has 6 heteroatoms. The van der Waals surface area contributed by atoms with Gasteiger partial charge in [0.25, 0.3) is 5.91 Å². The third-order valence-corrected chi connectivity index (χ3v) is 4.17. The van der Waals surface area contributed by atoms with Gasteiger partial charge in [0.2, 0.25) is 0 Å². The number of aliphatic hydroxyl groups excluding tert-OH is 1. The lowest BCUT2D eigenvalue weighted by Gasteiger charge is -2.17. The highest BCUT2D eigenvalue weighted by atomic mass is 16.3. The van der Waals surface area contributed by atoms with Crippen molar-refractivity contribution in [2.75, 3.05) is 18.8 Å². The largest absolute Gasteiger partial charge is 0.396 e. The van der Waals surface area contributed by atoms with Crippen molar-refractivity contribution in [1.29, 1.82) is 0 Å². The van der Waals surface area contributed by atoms with E-state index in [9.17, 15) is 9.90 Å². The smallest absolute Gasteiger partial charge is 0.276 e. The standard InChI is InChI=1S/C12H18N4O2/c1-15-6-9(13)11(14-15)12(18)16-4-7-2-3-10(17)8(7)5-16/h6-8,10,17H,2-5,13H2,1H3. The van der Waals surface area contributed by atoms with Gasteiger partial charge in [-0.25, -0.2) is 0 Å². The highest BCUT2D eigenvalue weighted by Gasteiger charge is 2.43. The second-order valence-electron chi connectivity index (χ2n) is 5.39. The van der Waals surface area contributed by atoms with E-state index >= 15 is 0 Å². The molecule has 1 saturated heterocycles. The molecule has 1 aromatic heterocycles. The Kier molecular flexibility index (Phi) is 2.55. The van der Waals surface area contributed by atoms with Gasteiger partial charge in [0.1, 0.15) is 0 Å². The van der Waals surface area contributed by atoms with E-state index in [1.165, 1.54) is 0 Å². The number of nitrogens with two attached hydrogens (primary N) is 1. The topological polar surface area (TPSA) is 84.4 Å². The van der Waals surface area contributed by atoms with Crippen LogP contribution in [-0.2, 0) is 7.05 Å². The summed E-state index contributed by atoms with van der Waals surface area (Å²) in [6, 6.07) is 0. The number of likely N-dealkylation sites (tertiary alicyclic amines) is 1. The van der Waals surface area contributed by atoms with Gasteiger partial charge in [-0.15, -0.1) is 0 Å². The van der Waals surface area contributed by atoms with E-state index in [-0.39, 0.29) is 17.9 Å². The molecule has 6 nitrogen and oxygen atoms in total. The summed E-state index contributed by atoms with van der Waals surface area (Å²) < 4.78 is 1.55. The van der Waals surface area contributed by atoms with Crippen LogP contribution < -0.4 is 5.73 Å². The summed E-state index contributed by atoms with van der Waals surface area (Å²) in [5.74, 6) is 0.558. The lowest BCUT2D eigenvalue weighted by Crippen LogP contribution is -2.31. The van der Waals surface area contributed by atoms with Gasteiger partial charge in [0.05, 0.1) is 11.8 Å². The molecule has 1 aromatic rings. The maximum Gasteiger partial charge on any atom is 0.276 e. The molecule has 2 fully saturated rings. The molecule has 1 amide bonds. The number of nitrogens with zero attached hydrogens (tertiary/aromatic N) is 3. The SMILES string of the molecule is Cn1cc(N)c(C(=O)N2CC3CCC(O)C3C2)n1. The Morgan fingerprint density at radius 2 is 2.28 bits per heavy atom. The van der Waals surface area contributed by atoms with Gasteiger partial charge in [0, 0.05) is 32.3 Å². The zero-order chi connectivity index (χ0) is 12.9. The van der Waals surface area contributed by atoms with E-state index in [1.807, 2.05) is 0 Å². The van der Waals surface area contributed by atoms with Gasteiger partial charge >= 0.3 is 0 Å². The van der Waals surface area contributed by atoms with Gasteiger partial charge in [-0.2, -0.15) is 5.10 Å². The number of aromatic nitrogens is 2. The van der Waals surface area contributed by atoms with Crippen LogP contribution in [0.25, 0.3) is 0 Å². The Morgan fingerprint density at radius 1 is 1.50 bits per heavy atom. The number of aryl methyl sites for hydroxylation is 1. The summed E-state index contributed by atoms with van der Waals surface area (Å²) in [4.78, 5) is 14.1. The molecule has 3 unspecified atom stereocenters. The zero-order valence-electron chi connectivity index (χ0n) is 10.4. The minimum absolute atomic E-state index is 0.116. The molecule has 2 aliphatic rings. The predicted octanol–water partition coefficient (Wildman–Crippen LogP) is -0.155. The highest BCUT2D eigenvalue weighted by Crippen LogP contribution is 2.38. The Morgan fingerprint density at radius 3 is 2.89 bits per heavy atom. The molecule has 1 aliphatic carbocycles. The number of carbonyl (C=O) groups excluding carboxylic acids is 1. The van der Waals surface area contributed by atoms with Crippen molar-refractivity contribution in [3.63, 3.8) is 0 Å². The van der Waals surface area contributed by atoms with Gasteiger partial charge in [-0.3, -0.25) is 9.48 Å². The van der Waals surface area contributed by atoms with Crippen LogP contribution in [0.15, 0.2) is 6.20 Å². The van der Waals surface area contributed by atoms with E-state index in [0.717, 1.165) is 19.4 Å². The molecule has 0 aromatic carbocycles. The first-order valence-electron chi connectivity index (χ1n) is 6.32. The molecule has 98 valence electrons. The van der Waals surface area contributed by atoms with Gasteiger partial charge < -0.3 is 15.7 Å². The first-order valence-corrected chi connectivity index (χ1v) is 6.32. The van der Waals surface area contributed by atoms with Crippen molar-refractivity contribution < 1.29 is 9.90 Å². The maximum absolute atomic E-state index is 12.3. The fourth-order valence-corrected chi connectivity index (χ4v) is 3.23. The normalized spacial score (nSPS) is 30.8. The van der Waals surface area contributed by atoms with Crippen LogP contribution in [0.4, 0.5) is 5.69 Å². The minimum atomic E-state index is -0.256. The highest BCUT2D eigenvalue weighted by molar-refractivity contribution is 5.97. The van der Waals surface area contributed by atoms with Crippen molar-refractivity contribution in [3.8, 4) is 0 Å². The van der Waals surface area contributed by atoms with E-state index in [2.05, 4.69) is 5.10 Å². The number of hydrogen-bond acceptors (Lipinski definition) is 4. The van der Waals surface area contributed by atoms with Crippen molar-refractivity contribution in [3.05, 3.63) is 11.9 Å². The molecule has 3 atom stereocenters. The fourth-order valence-electron chi connectivity index (χ4n) is 3.23. The maximum atomic E-state index is 12.3. The summed E-state index contributed by atoms with van der Waals surface area (Å²) in [5, 5.41) is 14.0. The first kappa shape index (κ1) is 11.5. The molecule has 1 aliphatic heterocycles. The lowest BCUT2D eigenvalue weighted by molar-refractivity contribution is 0.0747. The van der Waals surface area contributed by atoms with Crippen molar-refractivity contribution in [2.24, 2.45) is 18.9 Å². The molecular formula is C12H18N4O2. The average molecular weight is 250 g/mol. The molecule has 0 spiro atoms. The Hall–Kier alpha value is -1.56. The zero-order valence-corrected chi connectivity index (χ0v) is 10.4. The van der Waals surface area contributed by atoms with Gasteiger partial charge in [-0.05, 0) is 18.8 Å². The van der Waals surface area contributed by atoms with Crippen molar-refractivity contribution >= 4 is 11.6 Å². The van der Waals surface area contributed by atoms with Crippen LogP contribution in [-0.4, -0.2) is 44.9 Å². The number of anilines is 1. The van der Waals surface area contributed by atoms with Crippen molar-refractivity contribution in [2.45, 2.75) is 18.9 Å². The number of nitrogen functional groups attached to an aromatic ring is 1. The number of fused-ring (bicyclic) bond motifs is 1. The second kappa shape index (κ2) is 3.98. The van der Waals surface area contributed by atoms with E-state index in [0.29, 0.717) is 23.8 Å². The van der Waals surface area contributed by atoms with Crippen LogP contribution >= 0.6 is 0 Å². The molecule has 1 saturated carbocycles. The lowest BCUT2D eigenvalue weighted by atomic mass is 10.00. The molecule has 0 radical (unpaired) electrons. The summed E-state index contributed by atoms with van der Waals surface area (Å²) in [6.45, 7) is 1.34. The quantitative estimate of drug-likeness (QED) is 0.725. The van der Waals surface area contributed by atoms with E-state index < -0.39 is 0 Å². The van der Waals surface area contributed by atoms with Gasteiger partial charge in [-0.1, -0.05) is 0 Å². The number of rotatable bonds is 1. The van der Waals surface area contributed by atoms with E-state index in [1.54, 1.807) is 22.8 Å². The van der Waals surface area contributed by atoms with Crippen LogP contribution in [0.2, 0.25) is 0 Å². The monoisotopic (exact) mass is 250 g/mol. The number of amides is 1. The fraction of sp³-hybridized carbons (Fsp3) is 0.667. The van der Waals surface area contributed by atoms with E-state index in [4.69, 9.17) is 5.73 Å². The third kappa shape index (κ3) is 1.68. The Labute approximate surface area is 105 Å². The molecule has 3 N–H and O–H groups in total. The molecule has 2 heterocycles. The summed E-state index contributed by atoms with van der Waals surface area (Å²) in [5.41, 5.74) is 6.52. The average Bonchev–Trinajstić information content (AvgIpc) is 2.96. The Bertz CT molecular complexity index is 484. The first-order chi connectivity index (χ1) is 8.56. The molecular weight excluding hydrogens is 232 g/mol. The minimum Gasteiger partial charge on any atom is -0.396 e. The van der Waals surface area contributed by atoms with Crippen LogP contribution in [0, 0.1) is 11.8 Å². The number of aliphatic hydroxyl groups is 1. The number of carbonyl (C=O) groups is 1. The molecule has 3 rings (SSSR count). The Balaban J connectivity index is 1.77. The summed E-state index contributed by atoms with van der Waals surface area (Å²) >= 11 is 0. The number of hydrogen-bond donors (Lipinski definition) is 2. The van der Waals surface area contributed by atoms with Gasteiger partial charge in [0.15, 0.2) is 5.69 Å². The summed E-state index contributed by atoms with van der Waals surface area (Å²) in [6.07, 6.45) is 3.25. The van der Waals surface area contributed by atoms with Crippen LogP contribution in [0.1, 0.15) is 23.3 Å². The summed E-state index contributed by atoms with van der Waals surface area (Å²) in [7, 11) is 1.75.